The number of aromatic nitrogens is 1. The van der Waals surface area contributed by atoms with Gasteiger partial charge < -0.3 is 4.90 Å². The maximum Gasteiger partial charge on any atom is 0.128 e. The summed E-state index contributed by atoms with van der Waals surface area (Å²) in [7, 11) is 0. The van der Waals surface area contributed by atoms with E-state index in [1.807, 2.05) is 12.3 Å². The molecule has 1 saturated heterocycles. The molecule has 1 fully saturated rings. The number of pyridine rings is 1. The predicted octanol–water partition coefficient (Wildman–Crippen LogP) is 3.08. The Labute approximate surface area is 93.5 Å². The monoisotopic (exact) mass is 254 g/mol. The predicted molar refractivity (Wildman–Crippen MR) is 62.5 cm³/mol. The number of rotatable bonds is 1. The molecule has 2 heterocycles. The standard InChI is InChI=1S/C11H15BrN2/c1-11(2)5-6-14(8-11)10-4-3-9(12)7-13-10/h3-4,7H,5-6,8H2,1-2H3. The Kier molecular flexibility index (Phi) is 2.52. The molecule has 1 aliphatic heterocycles. The summed E-state index contributed by atoms with van der Waals surface area (Å²) in [6.07, 6.45) is 3.12. The molecular weight excluding hydrogens is 240 g/mol. The fraction of sp³-hybridized carbons (Fsp3) is 0.545. The second-order valence-corrected chi connectivity index (χ2v) is 5.59. The zero-order valence-corrected chi connectivity index (χ0v) is 10.2. The first-order valence-electron chi connectivity index (χ1n) is 4.93. The van der Waals surface area contributed by atoms with E-state index in [2.05, 4.69) is 45.7 Å². The molecule has 76 valence electrons. The highest BCUT2D eigenvalue weighted by atomic mass is 79.9. The van der Waals surface area contributed by atoms with Gasteiger partial charge in [0.2, 0.25) is 0 Å². The Hall–Kier alpha value is -0.570. The molecule has 1 aromatic heterocycles. The summed E-state index contributed by atoms with van der Waals surface area (Å²) in [5.74, 6) is 1.10. The van der Waals surface area contributed by atoms with E-state index in [0.717, 1.165) is 23.4 Å². The van der Waals surface area contributed by atoms with Crippen LogP contribution in [-0.4, -0.2) is 18.1 Å². The molecule has 2 rings (SSSR count). The fourth-order valence-electron chi connectivity index (χ4n) is 1.86. The zero-order chi connectivity index (χ0) is 10.2. The van der Waals surface area contributed by atoms with Crippen LogP contribution in [0.1, 0.15) is 20.3 Å². The average Bonchev–Trinajstić information content (AvgIpc) is 2.47. The van der Waals surface area contributed by atoms with Gasteiger partial charge in [0.05, 0.1) is 0 Å². The van der Waals surface area contributed by atoms with Crippen LogP contribution < -0.4 is 4.90 Å². The Morgan fingerprint density at radius 2 is 2.21 bits per heavy atom. The van der Waals surface area contributed by atoms with Crippen LogP contribution in [0.5, 0.6) is 0 Å². The van der Waals surface area contributed by atoms with Gasteiger partial charge in [-0.25, -0.2) is 4.98 Å². The molecule has 0 aliphatic carbocycles. The van der Waals surface area contributed by atoms with Gasteiger partial charge >= 0.3 is 0 Å². The molecule has 0 saturated carbocycles. The third-order valence-corrected chi connectivity index (χ3v) is 3.18. The van der Waals surface area contributed by atoms with E-state index >= 15 is 0 Å². The maximum atomic E-state index is 4.40. The van der Waals surface area contributed by atoms with Crippen molar-refractivity contribution in [3.63, 3.8) is 0 Å². The summed E-state index contributed by atoms with van der Waals surface area (Å²) in [5, 5.41) is 0. The number of halogens is 1. The molecule has 0 radical (unpaired) electrons. The first kappa shape index (κ1) is 9.97. The third-order valence-electron chi connectivity index (χ3n) is 2.71. The number of nitrogens with zero attached hydrogens (tertiary/aromatic N) is 2. The van der Waals surface area contributed by atoms with Gasteiger partial charge in [-0.2, -0.15) is 0 Å². The molecule has 0 atom stereocenters. The second-order valence-electron chi connectivity index (χ2n) is 4.67. The van der Waals surface area contributed by atoms with Crippen molar-refractivity contribution in [2.75, 3.05) is 18.0 Å². The van der Waals surface area contributed by atoms with E-state index < -0.39 is 0 Å². The molecule has 0 bridgehead atoms. The van der Waals surface area contributed by atoms with Crippen LogP contribution in [0.15, 0.2) is 22.8 Å². The molecule has 0 unspecified atom stereocenters. The van der Waals surface area contributed by atoms with Crippen LogP contribution in [0.2, 0.25) is 0 Å². The van der Waals surface area contributed by atoms with Crippen LogP contribution in [0, 0.1) is 5.41 Å². The van der Waals surface area contributed by atoms with E-state index in [0.29, 0.717) is 5.41 Å². The molecule has 0 spiro atoms. The molecule has 1 aliphatic rings. The summed E-state index contributed by atoms with van der Waals surface area (Å²) in [6, 6.07) is 4.12. The van der Waals surface area contributed by atoms with E-state index in [-0.39, 0.29) is 0 Å². The fourth-order valence-corrected chi connectivity index (χ4v) is 2.10. The van der Waals surface area contributed by atoms with Crippen molar-refractivity contribution in [1.29, 1.82) is 0 Å². The molecule has 1 aromatic rings. The summed E-state index contributed by atoms with van der Waals surface area (Å²) in [4.78, 5) is 6.76. The highest BCUT2D eigenvalue weighted by Gasteiger charge is 2.29. The van der Waals surface area contributed by atoms with Crippen molar-refractivity contribution in [1.82, 2.24) is 4.98 Å². The van der Waals surface area contributed by atoms with Crippen LogP contribution in [0.4, 0.5) is 5.82 Å². The first-order valence-corrected chi connectivity index (χ1v) is 5.73. The maximum absolute atomic E-state index is 4.40. The summed E-state index contributed by atoms with van der Waals surface area (Å²) in [6.45, 7) is 6.86. The van der Waals surface area contributed by atoms with Gasteiger partial charge in [0.25, 0.3) is 0 Å². The lowest BCUT2D eigenvalue weighted by Gasteiger charge is -2.20. The van der Waals surface area contributed by atoms with Gasteiger partial charge in [-0.15, -0.1) is 0 Å². The highest BCUT2D eigenvalue weighted by Crippen LogP contribution is 2.31. The lowest BCUT2D eigenvalue weighted by atomic mass is 9.93. The van der Waals surface area contributed by atoms with Gasteiger partial charge in [0, 0.05) is 23.8 Å². The lowest BCUT2D eigenvalue weighted by molar-refractivity contribution is 0.418. The van der Waals surface area contributed by atoms with Gasteiger partial charge in [-0.1, -0.05) is 13.8 Å². The largest absolute Gasteiger partial charge is 0.356 e. The minimum Gasteiger partial charge on any atom is -0.356 e. The average molecular weight is 255 g/mol. The normalized spacial score (nSPS) is 20.1. The Bertz CT molecular complexity index is 319. The minimum absolute atomic E-state index is 0.439. The lowest BCUT2D eigenvalue weighted by Crippen LogP contribution is -2.23. The van der Waals surface area contributed by atoms with Gasteiger partial charge in [-0.05, 0) is 39.9 Å². The van der Waals surface area contributed by atoms with E-state index in [1.165, 1.54) is 6.42 Å². The molecule has 3 heteroatoms. The molecule has 0 aromatic carbocycles. The topological polar surface area (TPSA) is 16.1 Å². The SMILES string of the molecule is CC1(C)CCN(c2ccc(Br)cn2)C1. The number of hydrogen-bond donors (Lipinski definition) is 0. The van der Waals surface area contributed by atoms with Crippen LogP contribution in [-0.2, 0) is 0 Å². The van der Waals surface area contributed by atoms with Crippen LogP contribution >= 0.6 is 15.9 Å². The van der Waals surface area contributed by atoms with Gasteiger partial charge in [0.1, 0.15) is 5.82 Å². The quantitative estimate of drug-likeness (QED) is 0.766. The van der Waals surface area contributed by atoms with Crippen molar-refractivity contribution < 1.29 is 0 Å². The first-order chi connectivity index (χ1) is 6.57. The van der Waals surface area contributed by atoms with Gasteiger partial charge in [0.15, 0.2) is 0 Å². The zero-order valence-electron chi connectivity index (χ0n) is 8.63. The Morgan fingerprint density at radius 3 is 2.71 bits per heavy atom. The van der Waals surface area contributed by atoms with E-state index in [1.54, 1.807) is 0 Å². The Balaban J connectivity index is 2.14. The molecular formula is C11H15BrN2. The molecule has 14 heavy (non-hydrogen) atoms. The van der Waals surface area contributed by atoms with Crippen LogP contribution in [0.25, 0.3) is 0 Å². The van der Waals surface area contributed by atoms with Crippen molar-refractivity contribution in [2.24, 2.45) is 5.41 Å². The Morgan fingerprint density at radius 1 is 1.43 bits per heavy atom. The number of anilines is 1. The van der Waals surface area contributed by atoms with Crippen molar-refractivity contribution in [3.8, 4) is 0 Å². The van der Waals surface area contributed by atoms with Crippen LogP contribution in [0.3, 0.4) is 0 Å². The highest BCUT2D eigenvalue weighted by molar-refractivity contribution is 9.10. The number of hydrogen-bond acceptors (Lipinski definition) is 2. The van der Waals surface area contributed by atoms with Crippen molar-refractivity contribution >= 4 is 21.7 Å². The third kappa shape index (κ3) is 2.08. The van der Waals surface area contributed by atoms with E-state index in [4.69, 9.17) is 0 Å². The van der Waals surface area contributed by atoms with Gasteiger partial charge in [-0.3, -0.25) is 0 Å². The smallest absolute Gasteiger partial charge is 0.128 e. The summed E-state index contributed by atoms with van der Waals surface area (Å²) < 4.78 is 1.04. The summed E-state index contributed by atoms with van der Waals surface area (Å²) in [5.41, 5.74) is 0.439. The van der Waals surface area contributed by atoms with Crippen molar-refractivity contribution in [3.05, 3.63) is 22.8 Å². The summed E-state index contributed by atoms with van der Waals surface area (Å²) >= 11 is 3.40. The molecule has 0 amide bonds. The van der Waals surface area contributed by atoms with E-state index in [9.17, 15) is 0 Å². The molecule has 0 N–H and O–H groups in total. The molecule has 2 nitrogen and oxygen atoms in total. The van der Waals surface area contributed by atoms with Crippen molar-refractivity contribution in [2.45, 2.75) is 20.3 Å². The second kappa shape index (κ2) is 3.54. The minimum atomic E-state index is 0.439.